The van der Waals surface area contributed by atoms with E-state index < -0.39 is 27.8 Å². The summed E-state index contributed by atoms with van der Waals surface area (Å²) in [4.78, 5) is 51.6. The second kappa shape index (κ2) is 15.9. The molecule has 0 bridgehead atoms. The number of benzene rings is 5. The Hall–Kier alpha value is -5.78. The van der Waals surface area contributed by atoms with Gasteiger partial charge in [0.15, 0.2) is 0 Å². The van der Waals surface area contributed by atoms with Gasteiger partial charge in [0.25, 0.3) is 17.5 Å². The molecule has 1 atom stereocenters. The Morgan fingerprint density at radius 3 is 2.22 bits per heavy atom. The average Bonchev–Trinajstić information content (AvgIpc) is 3.10. The molecule has 0 aliphatic rings. The van der Waals surface area contributed by atoms with Gasteiger partial charge in [-0.1, -0.05) is 72.3 Å². The van der Waals surface area contributed by atoms with Crippen molar-refractivity contribution in [2.24, 2.45) is 0 Å². The van der Waals surface area contributed by atoms with Crippen LogP contribution in [0.1, 0.15) is 32.3 Å². The largest absolute Gasteiger partial charge is 0.325 e. The molecule has 0 saturated carbocycles. The van der Waals surface area contributed by atoms with Crippen LogP contribution in [-0.2, 0) is 9.59 Å². The molecule has 5 rings (SSSR count). The van der Waals surface area contributed by atoms with Crippen molar-refractivity contribution >= 4 is 64.2 Å². The first-order valence-corrected chi connectivity index (χ1v) is 16.1. The summed E-state index contributed by atoms with van der Waals surface area (Å²) in [6.07, 6.45) is 1.17. The number of carbonyl (C=O) groups excluding carboxylic acids is 3. The number of hydrogen-bond donors (Lipinski definition) is 3. The van der Waals surface area contributed by atoms with Gasteiger partial charge in [0.05, 0.1) is 9.95 Å². The number of hydrogen-bond acceptors (Lipinski definition) is 6. The van der Waals surface area contributed by atoms with Crippen molar-refractivity contribution in [3.8, 4) is 0 Å². The standard InChI is InChI=1S/C37H28ClFN4O5S/c1-23-20-27(43(47)48)18-19-32(23)41-37(46)34(24-10-4-2-5-11-24)49-28-15-8-14-26(21-28)40-36(45)33(22-29-30(38)16-9-17-31(29)39)42-35(44)25-12-6-3-7-13-25/h2-22,34H,1H3,(H,40,45)(H,41,46)(H,42,44)/b33-22+. The normalized spacial score (nSPS) is 11.7. The molecular formula is C37H28ClFN4O5S. The van der Waals surface area contributed by atoms with Crippen LogP contribution in [0.25, 0.3) is 6.08 Å². The fourth-order valence-electron chi connectivity index (χ4n) is 4.72. The molecule has 1 unspecified atom stereocenters. The minimum absolute atomic E-state index is 0.0480. The number of nitrogens with one attached hydrogen (secondary N) is 3. The van der Waals surface area contributed by atoms with Crippen LogP contribution in [0.5, 0.6) is 0 Å². The van der Waals surface area contributed by atoms with Gasteiger partial charge in [-0.3, -0.25) is 24.5 Å². The highest BCUT2D eigenvalue weighted by Gasteiger charge is 2.24. The fraction of sp³-hybridized carbons (Fsp3) is 0.0541. The number of halogens is 2. The van der Waals surface area contributed by atoms with Crippen LogP contribution in [-0.4, -0.2) is 22.6 Å². The Bertz CT molecular complexity index is 2040. The molecule has 5 aromatic rings. The van der Waals surface area contributed by atoms with E-state index in [1.165, 1.54) is 54.2 Å². The number of rotatable bonds is 11. The topological polar surface area (TPSA) is 130 Å². The second-order valence-electron chi connectivity index (χ2n) is 10.6. The molecule has 0 radical (unpaired) electrons. The summed E-state index contributed by atoms with van der Waals surface area (Å²) < 4.78 is 14.7. The monoisotopic (exact) mass is 694 g/mol. The third kappa shape index (κ3) is 8.98. The minimum Gasteiger partial charge on any atom is -0.325 e. The molecule has 0 aliphatic heterocycles. The number of carbonyl (C=O) groups is 3. The number of anilines is 2. The first kappa shape index (κ1) is 34.6. The Balaban J connectivity index is 1.40. The molecule has 9 nitrogen and oxygen atoms in total. The second-order valence-corrected chi connectivity index (χ2v) is 12.2. The molecule has 12 heteroatoms. The first-order chi connectivity index (χ1) is 23.6. The SMILES string of the molecule is Cc1cc([N+](=O)[O-])ccc1NC(=O)C(Sc1cccc(NC(=O)/C(=C\c2c(F)cccc2Cl)NC(=O)c2ccccc2)c1)c1ccccc1. The van der Waals surface area contributed by atoms with Gasteiger partial charge in [0.2, 0.25) is 5.91 Å². The van der Waals surface area contributed by atoms with E-state index in [-0.39, 0.29) is 33.4 Å². The summed E-state index contributed by atoms with van der Waals surface area (Å²) in [6.45, 7) is 1.67. The molecule has 246 valence electrons. The average molecular weight is 695 g/mol. The highest BCUT2D eigenvalue weighted by Crippen LogP contribution is 2.38. The van der Waals surface area contributed by atoms with Gasteiger partial charge in [-0.05, 0) is 72.7 Å². The molecule has 49 heavy (non-hydrogen) atoms. The first-order valence-electron chi connectivity index (χ1n) is 14.8. The highest BCUT2D eigenvalue weighted by atomic mass is 35.5. The number of nitro groups is 1. The molecule has 0 aliphatic carbocycles. The molecule has 3 amide bonds. The van der Waals surface area contributed by atoms with Gasteiger partial charge in [0.1, 0.15) is 16.8 Å². The van der Waals surface area contributed by atoms with E-state index in [9.17, 15) is 28.9 Å². The van der Waals surface area contributed by atoms with E-state index in [0.717, 1.165) is 0 Å². The van der Waals surface area contributed by atoms with Crippen LogP contribution in [0.3, 0.4) is 0 Å². The Morgan fingerprint density at radius 1 is 0.857 bits per heavy atom. The smallest absolute Gasteiger partial charge is 0.272 e. The summed E-state index contributed by atoms with van der Waals surface area (Å²) in [5.74, 6) is -2.37. The van der Waals surface area contributed by atoms with Gasteiger partial charge >= 0.3 is 0 Å². The summed E-state index contributed by atoms with van der Waals surface area (Å²) in [7, 11) is 0. The maximum Gasteiger partial charge on any atom is 0.272 e. The number of aryl methyl sites for hydroxylation is 1. The van der Waals surface area contributed by atoms with E-state index in [0.29, 0.717) is 27.4 Å². The lowest BCUT2D eigenvalue weighted by Gasteiger charge is -2.18. The quantitative estimate of drug-likeness (QED) is 0.0550. The Morgan fingerprint density at radius 2 is 1.55 bits per heavy atom. The number of nitrogens with zero attached hydrogens (tertiary/aromatic N) is 1. The van der Waals surface area contributed by atoms with Crippen molar-refractivity contribution in [2.75, 3.05) is 10.6 Å². The zero-order valence-corrected chi connectivity index (χ0v) is 27.4. The van der Waals surface area contributed by atoms with Crippen molar-refractivity contribution in [2.45, 2.75) is 17.1 Å². The summed E-state index contributed by atoms with van der Waals surface area (Å²) >= 11 is 7.45. The van der Waals surface area contributed by atoms with Crippen LogP contribution in [0.4, 0.5) is 21.5 Å². The molecule has 0 fully saturated rings. The number of nitro benzene ring substituents is 1. The Labute approximate surface area is 290 Å². The summed E-state index contributed by atoms with van der Waals surface area (Å²) in [6, 6.07) is 32.3. The summed E-state index contributed by atoms with van der Waals surface area (Å²) in [5, 5.41) is 18.7. The third-order valence-electron chi connectivity index (χ3n) is 7.18. The van der Waals surface area contributed by atoms with Gasteiger partial charge < -0.3 is 16.0 Å². The molecule has 0 saturated heterocycles. The van der Waals surface area contributed by atoms with E-state index in [2.05, 4.69) is 16.0 Å². The van der Waals surface area contributed by atoms with Gasteiger partial charge in [0, 0.05) is 39.5 Å². The molecule has 5 aromatic carbocycles. The van der Waals surface area contributed by atoms with Crippen LogP contribution in [0, 0.1) is 22.9 Å². The van der Waals surface area contributed by atoms with Crippen molar-refractivity contribution < 1.29 is 23.7 Å². The lowest BCUT2D eigenvalue weighted by atomic mass is 10.1. The summed E-state index contributed by atoms with van der Waals surface area (Å²) in [5.41, 5.74) is 1.88. The number of non-ortho nitro benzene ring substituents is 1. The van der Waals surface area contributed by atoms with Gasteiger partial charge in [-0.2, -0.15) is 0 Å². The molecular weight excluding hydrogens is 667 g/mol. The van der Waals surface area contributed by atoms with Crippen LogP contribution in [0.15, 0.2) is 132 Å². The Kier molecular flexibility index (Phi) is 11.2. The maximum absolute atomic E-state index is 14.7. The zero-order valence-electron chi connectivity index (χ0n) is 25.9. The lowest BCUT2D eigenvalue weighted by molar-refractivity contribution is -0.384. The van der Waals surface area contributed by atoms with E-state index in [1.807, 2.05) is 30.3 Å². The lowest BCUT2D eigenvalue weighted by Crippen LogP contribution is -2.30. The third-order valence-corrected chi connectivity index (χ3v) is 8.76. The van der Waals surface area contributed by atoms with Gasteiger partial charge in [-0.15, -0.1) is 11.8 Å². The van der Waals surface area contributed by atoms with Crippen molar-refractivity contribution in [1.82, 2.24) is 5.32 Å². The highest BCUT2D eigenvalue weighted by molar-refractivity contribution is 8.00. The van der Waals surface area contributed by atoms with Crippen molar-refractivity contribution in [3.63, 3.8) is 0 Å². The van der Waals surface area contributed by atoms with Crippen molar-refractivity contribution in [1.29, 1.82) is 0 Å². The number of amides is 3. The van der Waals surface area contributed by atoms with E-state index in [4.69, 9.17) is 11.6 Å². The van der Waals surface area contributed by atoms with Crippen molar-refractivity contribution in [3.05, 3.63) is 170 Å². The maximum atomic E-state index is 14.7. The van der Waals surface area contributed by atoms with E-state index in [1.54, 1.807) is 61.5 Å². The van der Waals surface area contributed by atoms with Crippen LogP contribution in [0.2, 0.25) is 5.02 Å². The minimum atomic E-state index is -0.745. The zero-order chi connectivity index (χ0) is 34.9. The number of thioether (sulfide) groups is 1. The predicted octanol–water partition coefficient (Wildman–Crippen LogP) is 8.58. The molecule has 3 N–H and O–H groups in total. The van der Waals surface area contributed by atoms with Crippen LogP contribution < -0.4 is 16.0 Å². The van der Waals surface area contributed by atoms with E-state index >= 15 is 0 Å². The van der Waals surface area contributed by atoms with Crippen LogP contribution >= 0.6 is 23.4 Å². The molecule has 0 spiro atoms. The predicted molar refractivity (Wildman–Crippen MR) is 190 cm³/mol. The molecule has 0 aromatic heterocycles. The van der Waals surface area contributed by atoms with Gasteiger partial charge in [-0.25, -0.2) is 4.39 Å². The molecule has 0 heterocycles. The fourth-order valence-corrected chi connectivity index (χ4v) is 6.02.